The summed E-state index contributed by atoms with van der Waals surface area (Å²) in [6.07, 6.45) is 8.40. The van der Waals surface area contributed by atoms with Gasteiger partial charge in [-0.25, -0.2) is 13.2 Å². The molecule has 0 heterocycles. The summed E-state index contributed by atoms with van der Waals surface area (Å²) in [6, 6.07) is 14.6. The van der Waals surface area contributed by atoms with Crippen LogP contribution < -0.4 is 0 Å². The molecule has 0 N–H and O–H groups in total. The zero-order chi connectivity index (χ0) is 21.8. The Balaban J connectivity index is 1.48. The van der Waals surface area contributed by atoms with Crippen molar-refractivity contribution in [1.82, 2.24) is 0 Å². The van der Waals surface area contributed by atoms with Crippen molar-refractivity contribution in [3.8, 4) is 23.0 Å². The highest BCUT2D eigenvalue weighted by molar-refractivity contribution is 5.77. The number of unbranched alkanes of at least 4 members (excludes halogenated alkanes) is 4. The van der Waals surface area contributed by atoms with Gasteiger partial charge in [0.25, 0.3) is 0 Å². The molecule has 0 amide bonds. The van der Waals surface area contributed by atoms with E-state index in [9.17, 15) is 13.2 Å². The zero-order valence-electron chi connectivity index (χ0n) is 17.7. The molecular weight excluding hydrogens is 393 g/mol. The largest absolute Gasteiger partial charge is 0.204 e. The molecule has 0 radical (unpaired) electrons. The molecule has 1 aliphatic rings. The quantitative estimate of drug-likeness (QED) is 0.172. The van der Waals surface area contributed by atoms with Gasteiger partial charge in [-0.05, 0) is 71.3 Å². The maximum absolute atomic E-state index is 13.4. The third kappa shape index (κ3) is 4.85. The lowest BCUT2D eigenvalue weighted by atomic mass is 9.99. The number of hydrogen-bond donors (Lipinski definition) is 0. The van der Waals surface area contributed by atoms with E-state index in [1.54, 1.807) is 0 Å². The van der Waals surface area contributed by atoms with Crippen LogP contribution in [0.15, 0.2) is 48.5 Å². The van der Waals surface area contributed by atoms with Gasteiger partial charge in [0.05, 0.1) is 0 Å². The number of rotatable bonds is 6. The van der Waals surface area contributed by atoms with E-state index < -0.39 is 17.5 Å². The lowest BCUT2D eigenvalue weighted by molar-refractivity contribution is 0.446. The highest BCUT2D eigenvalue weighted by Gasteiger charge is 2.18. The predicted octanol–water partition coefficient (Wildman–Crippen LogP) is 7.59. The van der Waals surface area contributed by atoms with Gasteiger partial charge in [-0.1, -0.05) is 68.7 Å². The summed E-state index contributed by atoms with van der Waals surface area (Å²) in [5, 5.41) is 0. The molecule has 0 spiro atoms. The van der Waals surface area contributed by atoms with Crippen LogP contribution in [-0.4, -0.2) is 0 Å². The van der Waals surface area contributed by atoms with Crippen molar-refractivity contribution in [1.29, 1.82) is 0 Å². The number of halogens is 3. The first kappa shape index (κ1) is 21.2. The normalized spacial score (nSPS) is 11.6. The Labute approximate surface area is 182 Å². The summed E-state index contributed by atoms with van der Waals surface area (Å²) >= 11 is 0. The van der Waals surface area contributed by atoms with Crippen LogP contribution in [0.5, 0.6) is 0 Å². The monoisotopic (exact) mass is 418 g/mol. The summed E-state index contributed by atoms with van der Waals surface area (Å²) in [5.74, 6) is 1.75. The van der Waals surface area contributed by atoms with Gasteiger partial charge >= 0.3 is 0 Å². The first-order chi connectivity index (χ1) is 15.0. The summed E-state index contributed by atoms with van der Waals surface area (Å²) in [4.78, 5) is 0. The predicted molar refractivity (Wildman–Crippen MR) is 119 cm³/mol. The summed E-state index contributed by atoms with van der Waals surface area (Å²) < 4.78 is 39.9. The number of aryl methyl sites for hydroxylation is 1. The van der Waals surface area contributed by atoms with Crippen LogP contribution in [0.3, 0.4) is 0 Å². The van der Waals surface area contributed by atoms with E-state index in [-0.39, 0.29) is 5.56 Å². The fourth-order valence-corrected chi connectivity index (χ4v) is 4.20. The Kier molecular flexibility index (Phi) is 6.47. The molecule has 3 heteroatoms. The van der Waals surface area contributed by atoms with Crippen LogP contribution >= 0.6 is 0 Å². The molecule has 0 fully saturated rings. The van der Waals surface area contributed by atoms with Gasteiger partial charge in [0.15, 0.2) is 17.5 Å². The van der Waals surface area contributed by atoms with Crippen LogP contribution in [-0.2, 0) is 12.8 Å². The van der Waals surface area contributed by atoms with Crippen LogP contribution in [0.4, 0.5) is 13.2 Å². The molecule has 4 rings (SSSR count). The Bertz CT molecular complexity index is 1140. The fourth-order valence-electron chi connectivity index (χ4n) is 4.20. The van der Waals surface area contributed by atoms with E-state index in [2.05, 4.69) is 43.0 Å². The first-order valence-corrected chi connectivity index (χ1v) is 11.0. The van der Waals surface area contributed by atoms with Crippen molar-refractivity contribution in [3.05, 3.63) is 93.8 Å². The van der Waals surface area contributed by atoms with Crippen molar-refractivity contribution < 1.29 is 13.2 Å². The second-order valence-corrected chi connectivity index (χ2v) is 8.21. The molecule has 158 valence electrons. The molecule has 3 aromatic rings. The van der Waals surface area contributed by atoms with E-state index in [1.165, 1.54) is 59.9 Å². The van der Waals surface area contributed by atoms with Crippen LogP contribution in [0, 0.1) is 29.3 Å². The average Bonchev–Trinajstić information content (AvgIpc) is 3.12. The Morgan fingerprint density at radius 1 is 0.710 bits per heavy atom. The van der Waals surface area contributed by atoms with E-state index in [0.717, 1.165) is 30.5 Å². The van der Waals surface area contributed by atoms with Crippen molar-refractivity contribution >= 4 is 0 Å². The minimum absolute atomic E-state index is 0.115. The molecule has 0 saturated heterocycles. The second kappa shape index (κ2) is 9.43. The fraction of sp³-hybridized carbons (Fsp3) is 0.286. The maximum Gasteiger partial charge on any atom is 0.194 e. The molecule has 0 nitrogen and oxygen atoms in total. The van der Waals surface area contributed by atoms with Crippen molar-refractivity contribution in [2.24, 2.45) is 0 Å². The summed E-state index contributed by atoms with van der Waals surface area (Å²) in [7, 11) is 0. The van der Waals surface area contributed by atoms with E-state index in [0.29, 0.717) is 0 Å². The highest BCUT2D eigenvalue weighted by atomic mass is 19.2. The molecule has 0 saturated carbocycles. The van der Waals surface area contributed by atoms with Gasteiger partial charge in [-0.2, -0.15) is 0 Å². The topological polar surface area (TPSA) is 0 Å². The van der Waals surface area contributed by atoms with Crippen molar-refractivity contribution in [2.45, 2.75) is 51.9 Å². The standard InChI is InChI=1S/C28H25F3/c1-2-3-4-5-6-7-19-10-12-24-22(14-19)18-23-15-20(11-13-25(23)24)8-9-21-16-26(29)28(31)27(30)17-21/h10-17H,2-7,18H2,1H3. The molecule has 0 atom stereocenters. The molecule has 1 aliphatic carbocycles. The van der Waals surface area contributed by atoms with Gasteiger partial charge in [-0.15, -0.1) is 0 Å². The Morgan fingerprint density at radius 2 is 1.35 bits per heavy atom. The minimum Gasteiger partial charge on any atom is -0.204 e. The van der Waals surface area contributed by atoms with E-state index in [4.69, 9.17) is 0 Å². The van der Waals surface area contributed by atoms with Gasteiger partial charge < -0.3 is 0 Å². The third-order valence-electron chi connectivity index (χ3n) is 5.85. The van der Waals surface area contributed by atoms with Gasteiger partial charge in [-0.3, -0.25) is 0 Å². The highest BCUT2D eigenvalue weighted by Crippen LogP contribution is 2.37. The number of hydrogen-bond acceptors (Lipinski definition) is 0. The Hall–Kier alpha value is -2.99. The third-order valence-corrected chi connectivity index (χ3v) is 5.85. The lowest BCUT2D eigenvalue weighted by Gasteiger charge is -2.06. The molecule has 31 heavy (non-hydrogen) atoms. The van der Waals surface area contributed by atoms with Gasteiger partial charge in [0.2, 0.25) is 0 Å². The molecule has 3 aromatic carbocycles. The number of benzene rings is 3. The van der Waals surface area contributed by atoms with Gasteiger partial charge in [0.1, 0.15) is 0 Å². The molecule has 0 aromatic heterocycles. The lowest BCUT2D eigenvalue weighted by Crippen LogP contribution is -1.91. The summed E-state index contributed by atoms with van der Waals surface area (Å²) in [5.41, 5.74) is 7.31. The maximum atomic E-state index is 13.4. The van der Waals surface area contributed by atoms with Crippen LogP contribution in [0.1, 0.15) is 66.8 Å². The average molecular weight is 419 g/mol. The second-order valence-electron chi connectivity index (χ2n) is 8.21. The number of fused-ring (bicyclic) bond motifs is 3. The molecular formula is C28H25F3. The molecule has 0 bridgehead atoms. The van der Waals surface area contributed by atoms with Crippen LogP contribution in [0.25, 0.3) is 11.1 Å². The first-order valence-electron chi connectivity index (χ1n) is 11.0. The SMILES string of the molecule is CCCCCCCc1ccc2c(c1)Cc1cc(C#Cc3cc(F)c(F)c(F)c3)ccc1-2. The molecule has 0 aliphatic heterocycles. The minimum atomic E-state index is -1.47. The zero-order valence-corrected chi connectivity index (χ0v) is 17.7. The Morgan fingerprint density at radius 3 is 2.10 bits per heavy atom. The smallest absolute Gasteiger partial charge is 0.194 e. The van der Waals surface area contributed by atoms with E-state index >= 15 is 0 Å². The summed E-state index contributed by atoms with van der Waals surface area (Å²) in [6.45, 7) is 2.23. The van der Waals surface area contributed by atoms with Crippen molar-refractivity contribution in [3.63, 3.8) is 0 Å². The van der Waals surface area contributed by atoms with E-state index in [1.807, 2.05) is 12.1 Å². The van der Waals surface area contributed by atoms with Crippen LogP contribution in [0.2, 0.25) is 0 Å². The van der Waals surface area contributed by atoms with Crippen molar-refractivity contribution in [2.75, 3.05) is 0 Å². The van der Waals surface area contributed by atoms with Gasteiger partial charge in [0, 0.05) is 11.1 Å². The molecule has 0 unspecified atom stereocenters.